The molecule has 12 heteroatoms. The van der Waals surface area contributed by atoms with Crippen LogP contribution in [0.25, 0.3) is 10.4 Å². The van der Waals surface area contributed by atoms with Gasteiger partial charge in [0.1, 0.15) is 0 Å². The monoisotopic (exact) mass is 640 g/mol. The number of hydrogen-bond acceptors (Lipinski definition) is 8. The van der Waals surface area contributed by atoms with Crippen molar-refractivity contribution < 1.29 is 18.9 Å². The Bertz CT molecular complexity index is 1390. The van der Waals surface area contributed by atoms with Gasteiger partial charge in [-0.15, -0.1) is 16.1 Å². The molecule has 10 nitrogen and oxygen atoms in total. The molecule has 0 spiro atoms. The zero-order valence-electron chi connectivity index (χ0n) is 26.2. The summed E-state index contributed by atoms with van der Waals surface area (Å²) in [6.07, 6.45) is 13.6. The number of allylic oxidation sites excluding steroid dienone is 2. The highest BCUT2D eigenvalue weighted by molar-refractivity contribution is 7.89. The summed E-state index contributed by atoms with van der Waals surface area (Å²) in [6.45, 7) is 9.37. The first-order valence-corrected chi connectivity index (χ1v) is 17.0. The molecule has 44 heavy (non-hydrogen) atoms. The summed E-state index contributed by atoms with van der Waals surface area (Å²) >= 11 is 0.204. The minimum atomic E-state index is -1.44. The molecule has 1 atom stereocenters. The van der Waals surface area contributed by atoms with Gasteiger partial charge >= 0.3 is 12.1 Å². The Morgan fingerprint density at radius 3 is 2.57 bits per heavy atom. The number of ether oxygens (including phenoxy) is 1. The van der Waals surface area contributed by atoms with Gasteiger partial charge in [-0.25, -0.2) is 14.6 Å². The largest absolute Gasteiger partial charge is 0.593 e. The predicted molar refractivity (Wildman–Crippen MR) is 177 cm³/mol. The third kappa shape index (κ3) is 9.16. The van der Waals surface area contributed by atoms with E-state index in [1.54, 1.807) is 24.6 Å². The smallest absolute Gasteiger partial charge is 0.407 e. The van der Waals surface area contributed by atoms with Crippen molar-refractivity contribution in [2.24, 2.45) is 10.4 Å². The maximum Gasteiger partial charge on any atom is 0.407 e. The van der Waals surface area contributed by atoms with E-state index in [1.165, 1.54) is 0 Å². The molecule has 1 unspecified atom stereocenters. The van der Waals surface area contributed by atoms with Crippen molar-refractivity contribution in [2.75, 3.05) is 20.1 Å². The van der Waals surface area contributed by atoms with Gasteiger partial charge in [0.05, 0.1) is 45.2 Å². The van der Waals surface area contributed by atoms with Crippen molar-refractivity contribution in [3.05, 3.63) is 59.4 Å². The number of nitrogens with one attached hydrogen (secondary N) is 4. The van der Waals surface area contributed by atoms with Crippen molar-refractivity contribution in [1.82, 2.24) is 25.7 Å². The van der Waals surface area contributed by atoms with Crippen LogP contribution in [0, 0.1) is 5.41 Å². The lowest BCUT2D eigenvalue weighted by Gasteiger charge is -2.42. The normalized spacial score (nSPS) is 22.2. The predicted octanol–water partition coefficient (Wildman–Crippen LogP) is 5.74. The topological polar surface area (TPSA) is 140 Å². The number of carbonyl (C=O) groups is 2. The molecule has 1 aliphatic heterocycles. The van der Waals surface area contributed by atoms with Crippen LogP contribution in [0.4, 0.5) is 9.59 Å². The summed E-state index contributed by atoms with van der Waals surface area (Å²) in [4.78, 5) is 35.2. The fourth-order valence-corrected chi connectivity index (χ4v) is 7.29. The molecule has 2 heterocycles. The first-order valence-electron chi connectivity index (χ1n) is 15.0. The number of nitrogens with zero attached hydrogens (tertiary/aromatic N) is 2. The molecule has 1 aromatic carbocycles. The van der Waals surface area contributed by atoms with Gasteiger partial charge in [0.2, 0.25) is 0 Å². The number of thiazole rings is 1. The number of benzene rings is 1. The summed E-state index contributed by atoms with van der Waals surface area (Å²) in [5.74, 6) is 0. The number of urea groups is 1. The fraction of sp³-hybridized carbons (Fsp3) is 0.500. The average Bonchev–Trinajstić information content (AvgIpc) is 3.37. The van der Waals surface area contributed by atoms with Gasteiger partial charge in [0.25, 0.3) is 0 Å². The molecule has 4 N–H and O–H groups in total. The fourth-order valence-electron chi connectivity index (χ4n) is 5.21. The van der Waals surface area contributed by atoms with Crippen LogP contribution in [0.2, 0.25) is 0 Å². The molecule has 2 aromatic rings. The van der Waals surface area contributed by atoms with Crippen LogP contribution >= 0.6 is 11.3 Å². The van der Waals surface area contributed by atoms with E-state index in [2.05, 4.69) is 39.5 Å². The van der Waals surface area contributed by atoms with Crippen molar-refractivity contribution >= 4 is 40.5 Å². The summed E-state index contributed by atoms with van der Waals surface area (Å²) in [5.41, 5.74) is 2.41. The van der Waals surface area contributed by atoms with Crippen LogP contribution in [-0.2, 0) is 28.1 Å². The molecule has 4 rings (SSSR count). The minimum Gasteiger partial charge on any atom is -0.593 e. The molecule has 1 fully saturated rings. The number of aliphatic imine (C=N–C) groups is 1. The molecule has 1 saturated carbocycles. The minimum absolute atomic E-state index is 0.00500. The maximum atomic E-state index is 13.0. The van der Waals surface area contributed by atoms with Crippen LogP contribution in [0.5, 0.6) is 0 Å². The number of aromatic nitrogens is 1. The lowest BCUT2D eigenvalue weighted by molar-refractivity contribution is 0.102. The van der Waals surface area contributed by atoms with Crippen molar-refractivity contribution in [3.8, 4) is 10.4 Å². The lowest BCUT2D eigenvalue weighted by Crippen LogP contribution is -2.42. The molecule has 1 aliphatic carbocycles. The first-order chi connectivity index (χ1) is 21.0. The molecule has 3 amide bonds. The molecule has 0 saturated heterocycles. The Hall–Kier alpha value is -3.19. The zero-order valence-corrected chi connectivity index (χ0v) is 27.8. The van der Waals surface area contributed by atoms with Gasteiger partial charge in [-0.1, -0.05) is 32.1 Å². The Morgan fingerprint density at radius 1 is 1.09 bits per heavy atom. The third-order valence-corrected chi connectivity index (χ3v) is 10.5. The second-order valence-electron chi connectivity index (χ2n) is 12.2. The highest BCUT2D eigenvalue weighted by atomic mass is 32.2. The zero-order chi connectivity index (χ0) is 31.7. The van der Waals surface area contributed by atoms with E-state index in [0.717, 1.165) is 58.8 Å². The van der Waals surface area contributed by atoms with E-state index >= 15 is 0 Å². The molecule has 1 aromatic heterocycles. The number of hydrogen-bond donors (Lipinski definition) is 4. The van der Waals surface area contributed by atoms with Crippen LogP contribution in [0.3, 0.4) is 0 Å². The second-order valence-corrected chi connectivity index (χ2v) is 14.6. The van der Waals surface area contributed by atoms with Gasteiger partial charge in [-0.2, -0.15) is 0 Å². The van der Waals surface area contributed by atoms with Gasteiger partial charge in [-0.3, -0.25) is 4.99 Å². The van der Waals surface area contributed by atoms with Crippen LogP contribution < -0.4 is 20.7 Å². The van der Waals surface area contributed by atoms with E-state index in [0.29, 0.717) is 18.0 Å². The molecular weight excluding hydrogens is 597 g/mol. The highest BCUT2D eigenvalue weighted by Crippen LogP contribution is 2.48. The lowest BCUT2D eigenvalue weighted by atomic mass is 9.65. The van der Waals surface area contributed by atoms with Crippen molar-refractivity contribution in [2.45, 2.75) is 82.8 Å². The third-order valence-electron chi connectivity index (χ3n) is 8.09. The first kappa shape index (κ1) is 33.7. The van der Waals surface area contributed by atoms with E-state index in [1.807, 2.05) is 56.5 Å². The summed E-state index contributed by atoms with van der Waals surface area (Å²) in [6, 6.07) is 5.47. The van der Waals surface area contributed by atoms with Crippen molar-refractivity contribution in [1.29, 1.82) is 0 Å². The average molecular weight is 641 g/mol. The molecular formula is C32H44N6O4S2. The van der Waals surface area contributed by atoms with Crippen LogP contribution in [0.1, 0.15) is 70.4 Å². The van der Waals surface area contributed by atoms with Crippen LogP contribution in [-0.4, -0.2) is 53.6 Å². The van der Waals surface area contributed by atoms with Gasteiger partial charge in [0, 0.05) is 44.0 Å². The molecule has 0 radical (unpaired) electrons. The SMILES string of the molecule is CN[S+]([O-])c1cc(CNC(=O)NCC2=NC=CCC=C2)ccc1-c1cnc(C2(C)CCC(C)(CNC(=O)OC(C)C)CC2)s1. The van der Waals surface area contributed by atoms with Crippen molar-refractivity contribution in [3.63, 3.8) is 0 Å². The van der Waals surface area contributed by atoms with E-state index in [-0.39, 0.29) is 35.6 Å². The number of rotatable bonds is 11. The number of amides is 3. The maximum absolute atomic E-state index is 13.0. The molecule has 0 bridgehead atoms. The Morgan fingerprint density at radius 2 is 1.84 bits per heavy atom. The van der Waals surface area contributed by atoms with Gasteiger partial charge < -0.3 is 25.2 Å². The number of alkyl carbamates (subject to hydrolysis) is 1. The Balaban J connectivity index is 1.39. The molecule has 2 aliphatic rings. The van der Waals surface area contributed by atoms with E-state index in [4.69, 9.17) is 9.72 Å². The number of carbonyl (C=O) groups excluding carboxylic acids is 2. The Labute approximate surface area is 267 Å². The van der Waals surface area contributed by atoms with Gasteiger partial charge in [-0.05, 0) is 69.1 Å². The highest BCUT2D eigenvalue weighted by Gasteiger charge is 2.40. The van der Waals surface area contributed by atoms with Gasteiger partial charge in [0.15, 0.2) is 4.90 Å². The van der Waals surface area contributed by atoms with E-state index in [9.17, 15) is 14.1 Å². The summed E-state index contributed by atoms with van der Waals surface area (Å²) in [5, 5.41) is 9.70. The van der Waals surface area contributed by atoms with E-state index < -0.39 is 11.4 Å². The summed E-state index contributed by atoms with van der Waals surface area (Å²) in [7, 11) is 1.66. The summed E-state index contributed by atoms with van der Waals surface area (Å²) < 4.78 is 21.1. The van der Waals surface area contributed by atoms with Crippen LogP contribution in [0.15, 0.2) is 58.7 Å². The quantitative estimate of drug-likeness (QED) is 0.231. The Kier molecular flexibility index (Phi) is 11.6. The molecule has 238 valence electrons. The standard InChI is InChI=1S/C32H44N6O4S2/c1-22(2)42-30(40)38-21-31(3)12-14-32(4,15-13-31)28-35-20-26(43-28)25-11-10-23(17-27(25)44(41)33-5)18-36-29(39)37-19-24-9-7-6-8-16-34-24/h7-11,16-17,20,22,33H,6,12-15,18-19,21H2,1-5H3,(H,38,40)(H2,36,37,39). The second kappa shape index (κ2) is 15.2.